The molecular formula is C23H24N2O8S. The van der Waals surface area contributed by atoms with Gasteiger partial charge in [-0.05, 0) is 51.1 Å². The van der Waals surface area contributed by atoms with E-state index >= 15 is 0 Å². The Bertz CT molecular complexity index is 1380. The lowest BCUT2D eigenvalue weighted by molar-refractivity contribution is 0.0473. The van der Waals surface area contributed by atoms with Gasteiger partial charge in [0.15, 0.2) is 0 Å². The number of benzene rings is 2. The molecule has 2 N–H and O–H groups in total. The second kappa shape index (κ2) is 10.5. The molecular weight excluding hydrogens is 464 g/mol. The van der Waals surface area contributed by atoms with E-state index in [0.717, 1.165) is 0 Å². The fraction of sp³-hybridized carbons (Fsp3) is 0.261. The monoisotopic (exact) mass is 488 g/mol. The molecule has 0 saturated heterocycles. The summed E-state index contributed by atoms with van der Waals surface area (Å²) in [5.74, 6) is -0.761. The van der Waals surface area contributed by atoms with E-state index in [-0.39, 0.29) is 35.3 Å². The van der Waals surface area contributed by atoms with Crippen molar-refractivity contribution in [2.75, 3.05) is 11.9 Å². The molecule has 10 nitrogen and oxygen atoms in total. The van der Waals surface area contributed by atoms with Gasteiger partial charge in [-0.25, -0.2) is 27.5 Å². The van der Waals surface area contributed by atoms with Crippen molar-refractivity contribution in [2.24, 2.45) is 0 Å². The molecule has 1 heterocycles. The first-order chi connectivity index (χ1) is 16.1. The Morgan fingerprint density at radius 1 is 1.06 bits per heavy atom. The lowest BCUT2D eigenvalue weighted by atomic mass is 10.1. The van der Waals surface area contributed by atoms with Crippen LogP contribution in [-0.2, 0) is 26.1 Å². The fourth-order valence-corrected chi connectivity index (χ4v) is 4.40. The smallest absolute Gasteiger partial charge is 0.411 e. The summed E-state index contributed by atoms with van der Waals surface area (Å²) in [7, 11) is -3.78. The van der Waals surface area contributed by atoms with Gasteiger partial charge in [0, 0.05) is 34.8 Å². The second-order valence-electron chi connectivity index (χ2n) is 7.53. The molecule has 2 aromatic carbocycles. The highest BCUT2D eigenvalue weighted by Crippen LogP contribution is 2.23. The summed E-state index contributed by atoms with van der Waals surface area (Å²) in [5, 5.41) is 3.01. The Morgan fingerprint density at radius 2 is 1.82 bits per heavy atom. The molecule has 0 unspecified atom stereocenters. The van der Waals surface area contributed by atoms with Gasteiger partial charge in [0.2, 0.25) is 10.0 Å². The zero-order chi connectivity index (χ0) is 24.9. The maximum Gasteiger partial charge on any atom is 0.411 e. The summed E-state index contributed by atoms with van der Waals surface area (Å²) in [6.07, 6.45) is -0.651. The van der Waals surface area contributed by atoms with Crippen LogP contribution in [0.2, 0.25) is 0 Å². The van der Waals surface area contributed by atoms with Crippen LogP contribution in [-0.4, -0.2) is 33.1 Å². The molecule has 3 aromatic rings. The molecule has 0 spiro atoms. The van der Waals surface area contributed by atoms with Gasteiger partial charge in [-0.3, -0.25) is 5.32 Å². The van der Waals surface area contributed by atoms with Gasteiger partial charge in [-0.1, -0.05) is 6.07 Å². The maximum absolute atomic E-state index is 12.6. The van der Waals surface area contributed by atoms with Crippen molar-refractivity contribution < 1.29 is 31.9 Å². The van der Waals surface area contributed by atoms with Crippen molar-refractivity contribution in [3.8, 4) is 0 Å². The van der Waals surface area contributed by atoms with Crippen LogP contribution in [0.1, 0.15) is 36.7 Å². The van der Waals surface area contributed by atoms with E-state index in [1.165, 1.54) is 36.4 Å². The van der Waals surface area contributed by atoms with Crippen molar-refractivity contribution in [3.05, 3.63) is 70.1 Å². The molecule has 0 saturated carbocycles. The maximum atomic E-state index is 12.6. The standard InChI is InChI=1S/C23H24N2O8S/c1-4-31-23(28)24-17-8-9-19-16(11-21(26)33-20(19)12-17)13-32-22(27)15-6-5-7-18(10-15)34(29,30)25-14(2)3/h5-12,14,25H,4,13H2,1-3H3,(H,24,28). The number of anilines is 1. The van der Waals surface area contributed by atoms with Gasteiger partial charge in [-0.15, -0.1) is 0 Å². The third kappa shape index (κ3) is 6.21. The first kappa shape index (κ1) is 24.9. The van der Waals surface area contributed by atoms with Crippen LogP contribution < -0.4 is 15.7 Å². The number of hydrogen-bond donors (Lipinski definition) is 2. The minimum atomic E-state index is -3.78. The minimum absolute atomic E-state index is 0.0415. The molecule has 0 radical (unpaired) electrons. The van der Waals surface area contributed by atoms with Gasteiger partial charge in [0.1, 0.15) is 12.2 Å². The Kier molecular flexibility index (Phi) is 7.69. The second-order valence-corrected chi connectivity index (χ2v) is 9.24. The van der Waals surface area contributed by atoms with E-state index in [9.17, 15) is 22.8 Å². The molecule has 11 heteroatoms. The normalized spacial score (nSPS) is 11.4. The molecule has 0 aliphatic heterocycles. The van der Waals surface area contributed by atoms with E-state index in [0.29, 0.717) is 16.6 Å². The van der Waals surface area contributed by atoms with Gasteiger partial charge < -0.3 is 13.9 Å². The number of ether oxygens (including phenoxy) is 2. The summed E-state index contributed by atoms with van der Waals surface area (Å²) >= 11 is 0. The molecule has 3 rings (SSSR count). The largest absolute Gasteiger partial charge is 0.457 e. The number of nitrogens with one attached hydrogen (secondary N) is 2. The SMILES string of the molecule is CCOC(=O)Nc1ccc2c(COC(=O)c3cccc(S(=O)(=O)NC(C)C)c3)cc(=O)oc2c1. The van der Waals surface area contributed by atoms with Crippen LogP contribution in [0.4, 0.5) is 10.5 Å². The Hall–Kier alpha value is -3.70. The van der Waals surface area contributed by atoms with Crippen LogP contribution >= 0.6 is 0 Å². The summed E-state index contributed by atoms with van der Waals surface area (Å²) < 4.78 is 42.5. The number of fused-ring (bicyclic) bond motifs is 1. The third-order valence-electron chi connectivity index (χ3n) is 4.48. The van der Waals surface area contributed by atoms with Crippen LogP contribution in [0.15, 0.2) is 62.6 Å². The van der Waals surface area contributed by atoms with Crippen LogP contribution in [0, 0.1) is 0 Å². The number of rotatable bonds is 8. The lowest BCUT2D eigenvalue weighted by Gasteiger charge is -2.11. The average Bonchev–Trinajstić information content (AvgIpc) is 2.76. The van der Waals surface area contributed by atoms with E-state index in [2.05, 4.69) is 10.0 Å². The number of esters is 1. The summed E-state index contributed by atoms with van der Waals surface area (Å²) in [6.45, 7) is 4.99. The van der Waals surface area contributed by atoms with E-state index in [1.807, 2.05) is 0 Å². The predicted molar refractivity (Wildman–Crippen MR) is 124 cm³/mol. The molecule has 0 atom stereocenters. The number of carbonyl (C=O) groups is 2. The Balaban J connectivity index is 1.80. The van der Waals surface area contributed by atoms with E-state index < -0.39 is 27.7 Å². The van der Waals surface area contributed by atoms with E-state index in [4.69, 9.17) is 13.9 Å². The minimum Gasteiger partial charge on any atom is -0.457 e. The van der Waals surface area contributed by atoms with Crippen LogP contribution in [0.3, 0.4) is 0 Å². The highest BCUT2D eigenvalue weighted by Gasteiger charge is 2.18. The fourth-order valence-electron chi connectivity index (χ4n) is 3.11. The highest BCUT2D eigenvalue weighted by molar-refractivity contribution is 7.89. The third-order valence-corrected chi connectivity index (χ3v) is 6.14. The Labute approximate surface area is 195 Å². The van der Waals surface area contributed by atoms with Crippen molar-refractivity contribution in [3.63, 3.8) is 0 Å². The number of amides is 1. The van der Waals surface area contributed by atoms with Gasteiger partial charge in [-0.2, -0.15) is 0 Å². The first-order valence-electron chi connectivity index (χ1n) is 10.4. The zero-order valence-electron chi connectivity index (χ0n) is 18.8. The predicted octanol–water partition coefficient (Wildman–Crippen LogP) is 3.41. The molecule has 1 amide bonds. The lowest BCUT2D eigenvalue weighted by Crippen LogP contribution is -2.30. The Morgan fingerprint density at radius 3 is 2.53 bits per heavy atom. The molecule has 0 fully saturated rings. The first-order valence-corrected chi connectivity index (χ1v) is 11.9. The highest BCUT2D eigenvalue weighted by atomic mass is 32.2. The summed E-state index contributed by atoms with van der Waals surface area (Å²) in [5.41, 5.74) is 0.295. The van der Waals surface area contributed by atoms with Gasteiger partial charge in [0.05, 0.1) is 17.1 Å². The molecule has 0 bridgehead atoms. The zero-order valence-corrected chi connectivity index (χ0v) is 19.6. The van der Waals surface area contributed by atoms with Crippen molar-refractivity contribution >= 4 is 38.7 Å². The average molecular weight is 489 g/mol. The number of hydrogen-bond acceptors (Lipinski definition) is 8. The molecule has 34 heavy (non-hydrogen) atoms. The van der Waals surface area contributed by atoms with Gasteiger partial charge in [0.25, 0.3) is 0 Å². The molecule has 0 aliphatic rings. The number of sulfonamides is 1. The van der Waals surface area contributed by atoms with Crippen LogP contribution in [0.5, 0.6) is 0 Å². The van der Waals surface area contributed by atoms with E-state index in [1.54, 1.807) is 32.9 Å². The van der Waals surface area contributed by atoms with Gasteiger partial charge >= 0.3 is 17.7 Å². The number of carbonyl (C=O) groups excluding carboxylic acids is 2. The van der Waals surface area contributed by atoms with Crippen molar-refractivity contribution in [1.29, 1.82) is 0 Å². The van der Waals surface area contributed by atoms with Crippen molar-refractivity contribution in [2.45, 2.75) is 38.3 Å². The van der Waals surface area contributed by atoms with Crippen LogP contribution in [0.25, 0.3) is 11.0 Å². The summed E-state index contributed by atoms with van der Waals surface area (Å²) in [6, 6.07) is 11.0. The molecule has 1 aromatic heterocycles. The molecule has 180 valence electrons. The molecule has 0 aliphatic carbocycles. The topological polar surface area (TPSA) is 141 Å². The quantitative estimate of drug-likeness (QED) is 0.363. The van der Waals surface area contributed by atoms with Crippen molar-refractivity contribution in [1.82, 2.24) is 4.72 Å². The summed E-state index contributed by atoms with van der Waals surface area (Å²) in [4.78, 5) is 36.1.